The van der Waals surface area contributed by atoms with E-state index in [0.717, 1.165) is 0 Å². The normalized spacial score (nSPS) is 19.4. The highest BCUT2D eigenvalue weighted by Crippen LogP contribution is 2.36. The minimum Gasteiger partial charge on any atom is -0.493 e. The first-order valence-electron chi connectivity index (χ1n) is 6.55. The summed E-state index contributed by atoms with van der Waals surface area (Å²) >= 11 is 3.31. The number of hydrogen-bond donors (Lipinski definition) is 1. The Bertz CT molecular complexity index is 627. The number of ether oxygens (including phenoxy) is 2. The smallest absolute Gasteiger partial charge is 0.244 e. The molecule has 1 N–H and O–H groups in total. The number of nitrogens with zero attached hydrogens (tertiary/aromatic N) is 1. The van der Waals surface area contributed by atoms with Gasteiger partial charge in [-0.2, -0.15) is 4.31 Å². The molecule has 9 heteroatoms. The Morgan fingerprint density at radius 2 is 1.86 bits per heavy atom. The van der Waals surface area contributed by atoms with Gasteiger partial charge in [0.05, 0.1) is 14.2 Å². The molecular formula is C13H20BrClN2O4S. The molecule has 1 aliphatic heterocycles. The standard InChI is InChI=1S/C13H19BrN2O4S.ClH/c1-9-8-16(5-4-15-9)21(17,18)13-7-12(20-3)11(19-2)6-10(13)14;/h6-7,9,15H,4-5,8H2,1-3H3;1H. The van der Waals surface area contributed by atoms with Crippen molar-refractivity contribution in [2.75, 3.05) is 33.9 Å². The van der Waals surface area contributed by atoms with E-state index in [1.165, 1.54) is 24.6 Å². The van der Waals surface area contributed by atoms with Crippen molar-refractivity contribution in [1.82, 2.24) is 9.62 Å². The van der Waals surface area contributed by atoms with Crippen LogP contribution >= 0.6 is 28.3 Å². The minimum absolute atomic E-state index is 0. The molecule has 1 aliphatic rings. The zero-order valence-electron chi connectivity index (χ0n) is 12.6. The lowest BCUT2D eigenvalue weighted by atomic mass is 10.3. The van der Waals surface area contributed by atoms with Crippen LogP contribution in [0, 0.1) is 0 Å². The van der Waals surface area contributed by atoms with E-state index in [-0.39, 0.29) is 23.3 Å². The molecule has 1 fully saturated rings. The second-order valence-corrected chi connectivity index (χ2v) is 7.62. The maximum absolute atomic E-state index is 12.8. The largest absolute Gasteiger partial charge is 0.493 e. The molecule has 0 spiro atoms. The zero-order chi connectivity index (χ0) is 15.6. The molecule has 0 aromatic heterocycles. The van der Waals surface area contributed by atoms with Crippen molar-refractivity contribution in [2.45, 2.75) is 17.9 Å². The Balaban J connectivity index is 0.00000242. The van der Waals surface area contributed by atoms with Crippen molar-refractivity contribution < 1.29 is 17.9 Å². The van der Waals surface area contributed by atoms with Crippen LogP contribution in [0.1, 0.15) is 6.92 Å². The molecule has 6 nitrogen and oxygen atoms in total. The summed E-state index contributed by atoms with van der Waals surface area (Å²) in [5, 5.41) is 3.23. The molecule has 0 saturated carbocycles. The quantitative estimate of drug-likeness (QED) is 0.813. The summed E-state index contributed by atoms with van der Waals surface area (Å²) in [6.45, 7) is 3.51. The average Bonchev–Trinajstić information content (AvgIpc) is 2.46. The lowest BCUT2D eigenvalue weighted by molar-refractivity contribution is 0.309. The van der Waals surface area contributed by atoms with Gasteiger partial charge in [-0.15, -0.1) is 12.4 Å². The Kier molecular flexibility index (Phi) is 6.94. The van der Waals surface area contributed by atoms with Crippen LogP contribution in [0.25, 0.3) is 0 Å². The van der Waals surface area contributed by atoms with E-state index < -0.39 is 10.0 Å². The van der Waals surface area contributed by atoms with Crippen LogP contribution in [0.2, 0.25) is 0 Å². The van der Waals surface area contributed by atoms with E-state index in [2.05, 4.69) is 21.2 Å². The number of nitrogens with one attached hydrogen (secondary N) is 1. The summed E-state index contributed by atoms with van der Waals surface area (Å²) in [5.41, 5.74) is 0. The second-order valence-electron chi connectivity index (χ2n) is 4.86. The van der Waals surface area contributed by atoms with Crippen LogP contribution in [0.4, 0.5) is 0 Å². The van der Waals surface area contributed by atoms with E-state index >= 15 is 0 Å². The first-order chi connectivity index (χ1) is 9.90. The summed E-state index contributed by atoms with van der Waals surface area (Å²) in [6.07, 6.45) is 0. The van der Waals surface area contributed by atoms with Gasteiger partial charge in [0.25, 0.3) is 0 Å². The molecule has 0 bridgehead atoms. The van der Waals surface area contributed by atoms with Gasteiger partial charge in [-0.1, -0.05) is 0 Å². The van der Waals surface area contributed by atoms with Crippen LogP contribution < -0.4 is 14.8 Å². The Labute approximate surface area is 145 Å². The molecule has 1 aromatic carbocycles. The fourth-order valence-corrected chi connectivity index (χ4v) is 4.81. The monoisotopic (exact) mass is 414 g/mol. The maximum atomic E-state index is 12.8. The molecule has 1 heterocycles. The molecule has 1 atom stereocenters. The Morgan fingerprint density at radius 1 is 1.27 bits per heavy atom. The van der Waals surface area contributed by atoms with Crippen LogP contribution in [0.5, 0.6) is 11.5 Å². The molecule has 1 aromatic rings. The highest BCUT2D eigenvalue weighted by molar-refractivity contribution is 9.10. The molecule has 126 valence electrons. The van der Waals surface area contributed by atoms with Gasteiger partial charge in [0.2, 0.25) is 10.0 Å². The average molecular weight is 416 g/mol. The van der Waals surface area contributed by atoms with E-state index in [1.54, 1.807) is 6.07 Å². The third kappa shape index (κ3) is 3.86. The third-order valence-corrected chi connectivity index (χ3v) is 6.21. The number of rotatable bonds is 4. The van der Waals surface area contributed by atoms with Gasteiger partial charge in [-0.05, 0) is 28.9 Å². The lowest BCUT2D eigenvalue weighted by Gasteiger charge is -2.31. The highest BCUT2D eigenvalue weighted by atomic mass is 79.9. The van der Waals surface area contributed by atoms with E-state index in [0.29, 0.717) is 35.6 Å². The van der Waals surface area contributed by atoms with Crippen molar-refractivity contribution in [3.63, 3.8) is 0 Å². The number of methoxy groups -OCH3 is 2. The zero-order valence-corrected chi connectivity index (χ0v) is 15.8. The van der Waals surface area contributed by atoms with Gasteiger partial charge >= 0.3 is 0 Å². The number of hydrogen-bond acceptors (Lipinski definition) is 5. The Morgan fingerprint density at radius 3 is 2.41 bits per heavy atom. The summed E-state index contributed by atoms with van der Waals surface area (Å²) in [5.74, 6) is 0.875. The predicted octanol–water partition coefficient (Wildman–Crippen LogP) is 1.87. The number of benzene rings is 1. The summed E-state index contributed by atoms with van der Waals surface area (Å²) in [6, 6.07) is 3.23. The third-order valence-electron chi connectivity index (χ3n) is 3.39. The SMILES string of the molecule is COc1cc(Br)c(S(=O)(=O)N2CCNC(C)C2)cc1OC.Cl. The summed E-state index contributed by atoms with van der Waals surface area (Å²) in [7, 11) is -0.581. The van der Waals surface area contributed by atoms with E-state index in [1.807, 2.05) is 6.92 Å². The molecule has 0 amide bonds. The van der Waals surface area contributed by atoms with Gasteiger partial charge in [0, 0.05) is 36.2 Å². The number of sulfonamides is 1. The van der Waals surface area contributed by atoms with Crippen molar-refractivity contribution in [2.24, 2.45) is 0 Å². The molecular weight excluding hydrogens is 396 g/mol. The van der Waals surface area contributed by atoms with Crippen molar-refractivity contribution in [3.05, 3.63) is 16.6 Å². The molecule has 1 saturated heterocycles. The molecule has 22 heavy (non-hydrogen) atoms. The van der Waals surface area contributed by atoms with E-state index in [4.69, 9.17) is 9.47 Å². The summed E-state index contributed by atoms with van der Waals surface area (Å²) in [4.78, 5) is 0.189. The first kappa shape index (κ1) is 19.5. The van der Waals surface area contributed by atoms with Crippen LogP contribution in [0.3, 0.4) is 0 Å². The molecule has 2 rings (SSSR count). The molecule has 0 aliphatic carbocycles. The van der Waals surface area contributed by atoms with Crippen LogP contribution in [-0.2, 0) is 10.0 Å². The number of halogens is 2. The van der Waals surface area contributed by atoms with Gasteiger partial charge in [-0.25, -0.2) is 8.42 Å². The van der Waals surface area contributed by atoms with Crippen molar-refractivity contribution in [3.8, 4) is 11.5 Å². The van der Waals surface area contributed by atoms with Gasteiger partial charge < -0.3 is 14.8 Å². The van der Waals surface area contributed by atoms with Gasteiger partial charge in [0.1, 0.15) is 4.90 Å². The first-order valence-corrected chi connectivity index (χ1v) is 8.78. The minimum atomic E-state index is -3.57. The topological polar surface area (TPSA) is 67.9 Å². The lowest BCUT2D eigenvalue weighted by Crippen LogP contribution is -2.51. The fraction of sp³-hybridized carbons (Fsp3) is 0.538. The van der Waals surface area contributed by atoms with Crippen molar-refractivity contribution >= 4 is 38.4 Å². The second kappa shape index (κ2) is 7.83. The summed E-state index contributed by atoms with van der Waals surface area (Å²) < 4.78 is 37.9. The highest BCUT2D eigenvalue weighted by Gasteiger charge is 2.31. The van der Waals surface area contributed by atoms with Crippen LogP contribution in [0.15, 0.2) is 21.5 Å². The number of piperazine rings is 1. The molecule has 0 radical (unpaired) electrons. The van der Waals surface area contributed by atoms with Gasteiger partial charge in [-0.3, -0.25) is 0 Å². The fourth-order valence-electron chi connectivity index (χ4n) is 2.29. The maximum Gasteiger partial charge on any atom is 0.244 e. The van der Waals surface area contributed by atoms with Crippen LogP contribution in [-0.4, -0.2) is 52.6 Å². The predicted molar refractivity (Wildman–Crippen MR) is 90.7 cm³/mol. The van der Waals surface area contributed by atoms with Gasteiger partial charge in [0.15, 0.2) is 11.5 Å². The van der Waals surface area contributed by atoms with E-state index in [9.17, 15) is 8.42 Å². The van der Waals surface area contributed by atoms with Crippen molar-refractivity contribution in [1.29, 1.82) is 0 Å². The Hall–Kier alpha value is -0.540. The molecule has 1 unspecified atom stereocenters.